The summed E-state index contributed by atoms with van der Waals surface area (Å²) in [6.45, 7) is 4.70. The van der Waals surface area contributed by atoms with Crippen LogP contribution in [-0.2, 0) is 17.9 Å². The Balaban J connectivity index is 1.55. The maximum atomic E-state index is 13.8. The average molecular weight is 465 g/mol. The van der Waals surface area contributed by atoms with E-state index in [-0.39, 0.29) is 24.4 Å². The lowest BCUT2D eigenvalue weighted by Gasteiger charge is -2.44. The number of nitrogens with zero attached hydrogens (tertiary/aromatic N) is 3. The standard InChI is InChI=1S/C26H29ClN4O2/c1-17-8-3-4-11-20(17)29-25(33)26(2)16-30-22-13-6-5-12-21(22)28-23(30)24(32)31(26)15-18-9-7-10-19(27)14-18/h5-7,9-10,12-14,17,20H,3-4,8,11,15-16H2,1-2H3,(H,29,33)/t17-,20-,26-/m1/s1. The van der Waals surface area contributed by atoms with E-state index < -0.39 is 5.54 Å². The molecule has 172 valence electrons. The van der Waals surface area contributed by atoms with Gasteiger partial charge in [0.15, 0.2) is 5.82 Å². The Morgan fingerprint density at radius 2 is 1.97 bits per heavy atom. The summed E-state index contributed by atoms with van der Waals surface area (Å²) >= 11 is 6.21. The number of hydrogen-bond acceptors (Lipinski definition) is 3. The van der Waals surface area contributed by atoms with Gasteiger partial charge in [-0.1, -0.05) is 55.6 Å². The molecule has 1 saturated carbocycles. The zero-order valence-corrected chi connectivity index (χ0v) is 19.8. The van der Waals surface area contributed by atoms with Crippen LogP contribution in [0.25, 0.3) is 11.0 Å². The molecule has 2 aliphatic rings. The van der Waals surface area contributed by atoms with Crippen molar-refractivity contribution < 1.29 is 9.59 Å². The fourth-order valence-electron chi connectivity index (χ4n) is 5.25. The first kappa shape index (κ1) is 22.0. The van der Waals surface area contributed by atoms with Crippen LogP contribution in [0.15, 0.2) is 48.5 Å². The first-order chi connectivity index (χ1) is 15.9. The van der Waals surface area contributed by atoms with Gasteiger partial charge in [0.1, 0.15) is 5.54 Å². The number of imidazole rings is 1. The van der Waals surface area contributed by atoms with E-state index in [1.165, 1.54) is 6.42 Å². The highest BCUT2D eigenvalue weighted by Crippen LogP contribution is 2.33. The van der Waals surface area contributed by atoms with Crippen molar-refractivity contribution in [2.24, 2.45) is 5.92 Å². The normalized spacial score (nSPS) is 25.2. The van der Waals surface area contributed by atoms with Crippen molar-refractivity contribution in [2.75, 3.05) is 0 Å². The third-order valence-electron chi connectivity index (χ3n) is 7.30. The molecular weight excluding hydrogens is 436 g/mol. The topological polar surface area (TPSA) is 67.2 Å². The van der Waals surface area contributed by atoms with Crippen LogP contribution in [0.4, 0.5) is 0 Å². The van der Waals surface area contributed by atoms with Gasteiger partial charge in [0, 0.05) is 17.6 Å². The van der Waals surface area contributed by atoms with Gasteiger partial charge in [0.05, 0.1) is 17.6 Å². The summed E-state index contributed by atoms with van der Waals surface area (Å²) < 4.78 is 1.90. The Labute approximate surface area is 198 Å². The second kappa shape index (κ2) is 8.49. The maximum Gasteiger partial charge on any atom is 0.291 e. The van der Waals surface area contributed by atoms with Crippen molar-refractivity contribution in [3.8, 4) is 0 Å². The summed E-state index contributed by atoms with van der Waals surface area (Å²) in [5.74, 6) is 0.443. The molecule has 1 aliphatic heterocycles. The quantitative estimate of drug-likeness (QED) is 0.603. The lowest BCUT2D eigenvalue weighted by Crippen LogP contribution is -2.65. The molecule has 0 bridgehead atoms. The van der Waals surface area contributed by atoms with Crippen molar-refractivity contribution in [3.63, 3.8) is 0 Å². The van der Waals surface area contributed by atoms with Crippen LogP contribution in [0.3, 0.4) is 0 Å². The molecular formula is C26H29ClN4O2. The Morgan fingerprint density at radius 3 is 2.76 bits per heavy atom. The van der Waals surface area contributed by atoms with E-state index >= 15 is 0 Å². The second-order valence-corrected chi connectivity index (χ2v) is 10.1. The summed E-state index contributed by atoms with van der Waals surface area (Å²) in [6, 6.07) is 15.3. The second-order valence-electron chi connectivity index (χ2n) is 9.65. The molecule has 0 unspecified atom stereocenters. The lowest BCUT2D eigenvalue weighted by molar-refractivity contribution is -0.134. The summed E-state index contributed by atoms with van der Waals surface area (Å²) in [5.41, 5.74) is 1.44. The fourth-order valence-corrected chi connectivity index (χ4v) is 5.46. The van der Waals surface area contributed by atoms with Crippen LogP contribution in [-0.4, -0.2) is 37.8 Å². The number of aromatic nitrogens is 2. The highest BCUT2D eigenvalue weighted by molar-refractivity contribution is 6.30. The Morgan fingerprint density at radius 1 is 1.18 bits per heavy atom. The number of carbonyl (C=O) groups is 2. The molecule has 1 aliphatic carbocycles. The highest BCUT2D eigenvalue weighted by Gasteiger charge is 2.49. The number of halogens is 1. The molecule has 6 nitrogen and oxygen atoms in total. The number of fused-ring (bicyclic) bond motifs is 3. The molecule has 0 spiro atoms. The Kier molecular flexibility index (Phi) is 5.65. The minimum absolute atomic E-state index is 0.111. The predicted octanol–water partition coefficient (Wildman–Crippen LogP) is 4.80. The predicted molar refractivity (Wildman–Crippen MR) is 129 cm³/mol. The van der Waals surface area contributed by atoms with E-state index in [2.05, 4.69) is 17.2 Å². The van der Waals surface area contributed by atoms with Gasteiger partial charge in [-0.05, 0) is 55.5 Å². The number of amides is 2. The molecule has 1 aromatic heterocycles. The van der Waals surface area contributed by atoms with E-state index in [0.717, 1.165) is 35.9 Å². The molecule has 2 amide bonds. The zero-order chi connectivity index (χ0) is 23.2. The molecule has 33 heavy (non-hydrogen) atoms. The summed E-state index contributed by atoms with van der Waals surface area (Å²) in [4.78, 5) is 33.9. The fraction of sp³-hybridized carbons (Fsp3) is 0.423. The summed E-state index contributed by atoms with van der Waals surface area (Å²) in [6.07, 6.45) is 4.41. The third kappa shape index (κ3) is 3.90. The van der Waals surface area contributed by atoms with E-state index in [0.29, 0.717) is 23.3 Å². The molecule has 1 fully saturated rings. The largest absolute Gasteiger partial charge is 0.351 e. The summed E-state index contributed by atoms with van der Waals surface area (Å²) in [5, 5.41) is 3.91. The number of hydrogen-bond donors (Lipinski definition) is 1. The van der Waals surface area contributed by atoms with Crippen LogP contribution in [0, 0.1) is 5.92 Å². The van der Waals surface area contributed by atoms with Gasteiger partial charge < -0.3 is 14.8 Å². The molecule has 2 heterocycles. The molecule has 3 atom stereocenters. The van der Waals surface area contributed by atoms with Gasteiger partial charge in [-0.15, -0.1) is 0 Å². The first-order valence-electron chi connectivity index (χ1n) is 11.7. The van der Waals surface area contributed by atoms with Crippen LogP contribution in [0.1, 0.15) is 55.7 Å². The highest BCUT2D eigenvalue weighted by atomic mass is 35.5. The minimum atomic E-state index is -1.06. The third-order valence-corrected chi connectivity index (χ3v) is 7.53. The van der Waals surface area contributed by atoms with Crippen molar-refractivity contribution >= 4 is 34.4 Å². The number of nitrogens with one attached hydrogen (secondary N) is 1. The van der Waals surface area contributed by atoms with Crippen LogP contribution in [0.5, 0.6) is 0 Å². The minimum Gasteiger partial charge on any atom is -0.351 e. The number of rotatable bonds is 4. The van der Waals surface area contributed by atoms with Crippen molar-refractivity contribution in [3.05, 3.63) is 64.9 Å². The number of benzene rings is 2. The van der Waals surface area contributed by atoms with Gasteiger partial charge in [-0.25, -0.2) is 4.98 Å². The van der Waals surface area contributed by atoms with Gasteiger partial charge >= 0.3 is 0 Å². The monoisotopic (exact) mass is 464 g/mol. The van der Waals surface area contributed by atoms with Gasteiger partial charge in [-0.2, -0.15) is 0 Å². The molecule has 3 aromatic rings. The Hall–Kier alpha value is -2.86. The van der Waals surface area contributed by atoms with Crippen molar-refractivity contribution in [1.82, 2.24) is 19.8 Å². The van der Waals surface area contributed by atoms with Crippen molar-refractivity contribution in [2.45, 2.75) is 64.2 Å². The van der Waals surface area contributed by atoms with E-state index in [1.807, 2.05) is 54.0 Å². The first-order valence-corrected chi connectivity index (χ1v) is 12.1. The molecule has 0 radical (unpaired) electrons. The van der Waals surface area contributed by atoms with E-state index in [1.54, 1.807) is 11.0 Å². The molecule has 0 saturated heterocycles. The van der Waals surface area contributed by atoms with Crippen LogP contribution < -0.4 is 5.32 Å². The molecule has 1 N–H and O–H groups in total. The maximum absolute atomic E-state index is 13.8. The smallest absolute Gasteiger partial charge is 0.291 e. The number of para-hydroxylation sites is 2. The van der Waals surface area contributed by atoms with Crippen LogP contribution >= 0.6 is 11.6 Å². The lowest BCUT2D eigenvalue weighted by atomic mass is 9.85. The van der Waals surface area contributed by atoms with Gasteiger partial charge in [0.2, 0.25) is 5.91 Å². The number of carbonyl (C=O) groups excluding carboxylic acids is 2. The molecule has 2 aromatic carbocycles. The van der Waals surface area contributed by atoms with E-state index in [9.17, 15) is 9.59 Å². The van der Waals surface area contributed by atoms with Crippen LogP contribution in [0.2, 0.25) is 5.02 Å². The summed E-state index contributed by atoms with van der Waals surface area (Å²) in [7, 11) is 0. The Bertz CT molecular complexity index is 1220. The van der Waals surface area contributed by atoms with Crippen molar-refractivity contribution in [1.29, 1.82) is 0 Å². The van der Waals surface area contributed by atoms with Gasteiger partial charge in [-0.3, -0.25) is 9.59 Å². The molecule has 7 heteroatoms. The van der Waals surface area contributed by atoms with E-state index in [4.69, 9.17) is 11.6 Å². The van der Waals surface area contributed by atoms with Gasteiger partial charge in [0.25, 0.3) is 5.91 Å². The SMILES string of the molecule is C[C@@H]1CCCC[C@H]1NC(=O)[C@@]1(C)Cn2c(nc3ccccc32)C(=O)N1Cc1cccc(Cl)c1. The average Bonchev–Trinajstić information content (AvgIpc) is 3.17. The molecule has 5 rings (SSSR count). The zero-order valence-electron chi connectivity index (χ0n) is 19.1.